The van der Waals surface area contributed by atoms with Crippen molar-refractivity contribution in [2.75, 3.05) is 26.4 Å². The standard InChI is InChI=1S/C23H35NO6Si/c1-5-15-27-23(19-13-9-12-18-20(19)22(26)24-21(18)25)14-10-11-17(16-23)31(28-6-2,29-7-3)30-8-4/h9,12-13,17H,5-8,10-11,14-16H2,1-4H3,(H,24,25,26). The summed E-state index contributed by atoms with van der Waals surface area (Å²) in [5, 5.41) is 2.44. The Morgan fingerprint density at radius 2 is 1.71 bits per heavy atom. The average molecular weight is 450 g/mol. The van der Waals surface area contributed by atoms with Gasteiger partial charge in [0.2, 0.25) is 0 Å². The van der Waals surface area contributed by atoms with Crippen LogP contribution < -0.4 is 5.32 Å². The van der Waals surface area contributed by atoms with E-state index in [1.165, 1.54) is 0 Å². The van der Waals surface area contributed by atoms with Crippen LogP contribution in [-0.2, 0) is 23.6 Å². The van der Waals surface area contributed by atoms with Crippen molar-refractivity contribution in [2.24, 2.45) is 0 Å². The van der Waals surface area contributed by atoms with E-state index in [4.69, 9.17) is 18.0 Å². The Kier molecular flexibility index (Phi) is 8.04. The summed E-state index contributed by atoms with van der Waals surface area (Å²) < 4.78 is 25.2. The third kappa shape index (κ3) is 4.63. The van der Waals surface area contributed by atoms with E-state index in [0.717, 1.165) is 31.2 Å². The highest BCUT2D eigenvalue weighted by Gasteiger charge is 2.55. The number of carbonyl (C=O) groups is 2. The molecule has 0 bridgehead atoms. The molecule has 2 amide bonds. The third-order valence-corrected chi connectivity index (χ3v) is 9.65. The van der Waals surface area contributed by atoms with Crippen LogP contribution in [0.15, 0.2) is 18.2 Å². The maximum atomic E-state index is 12.7. The maximum Gasteiger partial charge on any atom is 0.504 e. The van der Waals surface area contributed by atoms with Gasteiger partial charge in [0.05, 0.1) is 16.7 Å². The van der Waals surface area contributed by atoms with E-state index in [9.17, 15) is 9.59 Å². The van der Waals surface area contributed by atoms with E-state index < -0.39 is 14.4 Å². The van der Waals surface area contributed by atoms with Gasteiger partial charge in [0.1, 0.15) is 0 Å². The number of hydrogen-bond acceptors (Lipinski definition) is 6. The number of fused-ring (bicyclic) bond motifs is 1. The molecule has 2 atom stereocenters. The van der Waals surface area contributed by atoms with Crippen LogP contribution in [0.25, 0.3) is 0 Å². The van der Waals surface area contributed by atoms with Crippen LogP contribution in [0.1, 0.15) is 86.1 Å². The first-order valence-electron chi connectivity index (χ1n) is 11.5. The van der Waals surface area contributed by atoms with Crippen molar-refractivity contribution in [3.05, 3.63) is 34.9 Å². The molecule has 0 radical (unpaired) electrons. The number of rotatable bonds is 11. The Balaban J connectivity index is 2.07. The summed E-state index contributed by atoms with van der Waals surface area (Å²) >= 11 is 0. The molecule has 1 aliphatic carbocycles. The van der Waals surface area contributed by atoms with Crippen LogP contribution in [0.5, 0.6) is 0 Å². The van der Waals surface area contributed by atoms with Crippen molar-refractivity contribution in [1.29, 1.82) is 0 Å². The normalized spacial score (nSPS) is 23.7. The molecule has 1 N–H and O–H groups in total. The number of hydrogen-bond donors (Lipinski definition) is 1. The molecule has 1 fully saturated rings. The van der Waals surface area contributed by atoms with E-state index in [1.807, 2.05) is 32.9 Å². The zero-order valence-corrected chi connectivity index (χ0v) is 20.1. The zero-order valence-electron chi connectivity index (χ0n) is 19.1. The van der Waals surface area contributed by atoms with Gasteiger partial charge in [-0.25, -0.2) is 0 Å². The molecular formula is C23H35NO6Si. The molecule has 31 heavy (non-hydrogen) atoms. The molecule has 7 nitrogen and oxygen atoms in total. The second-order valence-electron chi connectivity index (χ2n) is 8.05. The minimum absolute atomic E-state index is 0.0500. The van der Waals surface area contributed by atoms with E-state index in [0.29, 0.717) is 44.0 Å². The average Bonchev–Trinajstić information content (AvgIpc) is 3.06. The molecule has 1 aromatic carbocycles. The highest BCUT2D eigenvalue weighted by atomic mass is 28.4. The second kappa shape index (κ2) is 10.4. The Hall–Kier alpha value is -1.58. The van der Waals surface area contributed by atoms with Crippen LogP contribution in [0, 0.1) is 0 Å². The lowest BCUT2D eigenvalue weighted by Crippen LogP contribution is -2.53. The summed E-state index contributed by atoms with van der Waals surface area (Å²) in [6, 6.07) is 5.47. The summed E-state index contributed by atoms with van der Waals surface area (Å²) in [6.45, 7) is 10.1. The van der Waals surface area contributed by atoms with Crippen LogP contribution in [0.4, 0.5) is 0 Å². The quantitative estimate of drug-likeness (QED) is 0.403. The van der Waals surface area contributed by atoms with Gasteiger partial charge in [0.25, 0.3) is 11.8 Å². The highest BCUT2D eigenvalue weighted by Crippen LogP contribution is 2.51. The Morgan fingerprint density at radius 1 is 1.03 bits per heavy atom. The lowest BCUT2D eigenvalue weighted by molar-refractivity contribution is -0.0838. The minimum atomic E-state index is -2.96. The Bertz CT molecular complexity index is 783. The number of nitrogens with one attached hydrogen (secondary N) is 1. The van der Waals surface area contributed by atoms with Gasteiger partial charge in [-0.3, -0.25) is 14.9 Å². The van der Waals surface area contributed by atoms with Gasteiger partial charge in [-0.15, -0.1) is 0 Å². The molecular weight excluding hydrogens is 414 g/mol. The largest absolute Gasteiger partial charge is 0.504 e. The van der Waals surface area contributed by atoms with Crippen LogP contribution in [0.3, 0.4) is 0 Å². The first-order chi connectivity index (χ1) is 15.0. The fourth-order valence-corrected chi connectivity index (χ4v) is 8.27. The van der Waals surface area contributed by atoms with E-state index >= 15 is 0 Å². The number of benzene rings is 1. The number of amides is 2. The third-order valence-electron chi connectivity index (χ3n) is 6.08. The summed E-state index contributed by atoms with van der Waals surface area (Å²) in [7, 11) is -2.96. The summed E-state index contributed by atoms with van der Waals surface area (Å²) in [6.07, 6.45) is 4.09. The van der Waals surface area contributed by atoms with Crippen molar-refractivity contribution in [1.82, 2.24) is 5.32 Å². The highest BCUT2D eigenvalue weighted by molar-refractivity contribution is 6.62. The molecule has 2 unspecified atom stereocenters. The molecule has 1 aliphatic heterocycles. The number of carbonyl (C=O) groups excluding carboxylic acids is 2. The number of imide groups is 1. The lowest BCUT2D eigenvalue weighted by atomic mass is 9.76. The van der Waals surface area contributed by atoms with Crippen LogP contribution in [0.2, 0.25) is 5.54 Å². The van der Waals surface area contributed by atoms with Gasteiger partial charge < -0.3 is 18.0 Å². The molecule has 0 saturated heterocycles. The van der Waals surface area contributed by atoms with Gasteiger partial charge in [-0.2, -0.15) is 0 Å². The molecule has 2 aliphatic rings. The van der Waals surface area contributed by atoms with Gasteiger partial charge in [0, 0.05) is 32.0 Å². The monoisotopic (exact) mass is 449 g/mol. The van der Waals surface area contributed by atoms with E-state index in [1.54, 1.807) is 6.07 Å². The van der Waals surface area contributed by atoms with Crippen LogP contribution in [-0.4, -0.2) is 47.0 Å². The lowest BCUT2D eigenvalue weighted by Gasteiger charge is -2.46. The maximum absolute atomic E-state index is 12.7. The van der Waals surface area contributed by atoms with Gasteiger partial charge in [-0.1, -0.05) is 19.1 Å². The van der Waals surface area contributed by atoms with Crippen molar-refractivity contribution in [3.8, 4) is 0 Å². The molecule has 3 rings (SSSR count). The predicted molar refractivity (Wildman–Crippen MR) is 119 cm³/mol. The first kappa shape index (κ1) is 24.1. The first-order valence-corrected chi connectivity index (χ1v) is 13.3. The van der Waals surface area contributed by atoms with Crippen LogP contribution >= 0.6 is 0 Å². The van der Waals surface area contributed by atoms with Gasteiger partial charge >= 0.3 is 8.80 Å². The second-order valence-corrected chi connectivity index (χ2v) is 10.9. The molecule has 0 spiro atoms. The van der Waals surface area contributed by atoms with E-state index in [-0.39, 0.29) is 17.4 Å². The van der Waals surface area contributed by atoms with Crippen molar-refractivity contribution >= 4 is 20.6 Å². The summed E-state index contributed by atoms with van der Waals surface area (Å²) in [5.41, 5.74) is 1.02. The van der Waals surface area contributed by atoms with Gasteiger partial charge in [0.15, 0.2) is 0 Å². The van der Waals surface area contributed by atoms with Crippen molar-refractivity contribution in [2.45, 2.75) is 70.9 Å². The smallest absolute Gasteiger partial charge is 0.374 e. The molecule has 8 heteroatoms. The zero-order chi connectivity index (χ0) is 22.5. The van der Waals surface area contributed by atoms with E-state index in [2.05, 4.69) is 12.2 Å². The fourth-order valence-electron chi connectivity index (χ4n) is 4.97. The molecule has 0 aromatic heterocycles. The fraction of sp³-hybridized carbons (Fsp3) is 0.652. The topological polar surface area (TPSA) is 83.1 Å². The minimum Gasteiger partial charge on any atom is -0.374 e. The molecule has 1 aromatic rings. The molecule has 1 heterocycles. The summed E-state index contributed by atoms with van der Waals surface area (Å²) in [4.78, 5) is 25.0. The predicted octanol–water partition coefficient (Wildman–Crippen LogP) is 4.18. The summed E-state index contributed by atoms with van der Waals surface area (Å²) in [5.74, 6) is -0.693. The van der Waals surface area contributed by atoms with Gasteiger partial charge in [-0.05, 0) is 64.5 Å². The number of ether oxygens (including phenoxy) is 1. The molecule has 172 valence electrons. The molecule has 1 saturated carbocycles. The Morgan fingerprint density at radius 3 is 2.32 bits per heavy atom. The van der Waals surface area contributed by atoms with Crippen molar-refractivity contribution < 1.29 is 27.6 Å². The Labute approximate surface area is 186 Å². The SMILES string of the molecule is CCCOC1(c2cccc3c2C(=O)NC3=O)CCCC([Si](OCC)(OCC)OCC)C1. The van der Waals surface area contributed by atoms with Crippen molar-refractivity contribution in [3.63, 3.8) is 0 Å².